The summed E-state index contributed by atoms with van der Waals surface area (Å²) in [6.07, 6.45) is -0.209. The van der Waals surface area contributed by atoms with Gasteiger partial charge >= 0.3 is 5.97 Å². The minimum Gasteiger partial charge on any atom is -0.481 e. The summed E-state index contributed by atoms with van der Waals surface area (Å²) in [4.78, 5) is 20.2. The predicted molar refractivity (Wildman–Crippen MR) is 53.9 cm³/mol. The number of benzene rings is 1. The molecule has 0 aromatic heterocycles. The maximum Gasteiger partial charge on any atom is 0.305 e. The molecule has 0 aliphatic rings. The van der Waals surface area contributed by atoms with Gasteiger partial charge in [0.1, 0.15) is 0 Å². The van der Waals surface area contributed by atoms with Gasteiger partial charge in [-0.2, -0.15) is 0 Å². The predicted octanol–water partition coefficient (Wildman–Crippen LogP) is 2.35. The molecule has 80 valence electrons. The van der Waals surface area contributed by atoms with Crippen LogP contribution in [0, 0.1) is 10.1 Å². The minimum atomic E-state index is -1.01. The summed E-state index contributed by atoms with van der Waals surface area (Å²) in [5.41, 5.74) is 0.516. The van der Waals surface area contributed by atoms with Gasteiger partial charge in [0.25, 0.3) is 5.69 Å². The standard InChI is InChI=1S/C9H8ClNO4/c10-8(5-9(12)13)6-1-3-7(4-2-6)11(14)15/h1-4,8H,5H2,(H,12,13). The number of nitro groups is 1. The molecule has 6 heteroatoms. The van der Waals surface area contributed by atoms with Crippen LogP contribution in [0.1, 0.15) is 17.4 Å². The molecular formula is C9H8ClNO4. The van der Waals surface area contributed by atoms with Gasteiger partial charge in [0, 0.05) is 12.1 Å². The minimum absolute atomic E-state index is 0.0436. The van der Waals surface area contributed by atoms with Crippen LogP contribution in [0.2, 0.25) is 0 Å². The number of hydrogen-bond acceptors (Lipinski definition) is 3. The molecule has 1 N–H and O–H groups in total. The monoisotopic (exact) mass is 229 g/mol. The smallest absolute Gasteiger partial charge is 0.305 e. The van der Waals surface area contributed by atoms with E-state index in [4.69, 9.17) is 16.7 Å². The number of alkyl halides is 1. The summed E-state index contributed by atoms with van der Waals surface area (Å²) in [5.74, 6) is -1.01. The van der Waals surface area contributed by atoms with E-state index in [9.17, 15) is 14.9 Å². The van der Waals surface area contributed by atoms with Crippen molar-refractivity contribution in [3.05, 3.63) is 39.9 Å². The molecule has 0 heterocycles. The fourth-order valence-electron chi connectivity index (χ4n) is 1.08. The Labute approximate surface area is 90.4 Å². The Morgan fingerprint density at radius 3 is 2.40 bits per heavy atom. The lowest BCUT2D eigenvalue weighted by molar-refractivity contribution is -0.384. The van der Waals surface area contributed by atoms with Gasteiger partial charge in [-0.1, -0.05) is 12.1 Å². The molecule has 1 rings (SSSR count). The summed E-state index contributed by atoms with van der Waals surface area (Å²) in [6.45, 7) is 0. The molecule has 0 saturated carbocycles. The largest absolute Gasteiger partial charge is 0.481 e. The topological polar surface area (TPSA) is 80.4 Å². The average molecular weight is 230 g/mol. The maximum atomic E-state index is 10.4. The summed E-state index contributed by atoms with van der Waals surface area (Å²) >= 11 is 5.78. The van der Waals surface area contributed by atoms with E-state index in [2.05, 4.69) is 0 Å². The normalized spacial score (nSPS) is 12.1. The second kappa shape index (κ2) is 4.75. The SMILES string of the molecule is O=C(O)CC(Cl)c1ccc([N+](=O)[O-])cc1. The molecule has 1 aromatic carbocycles. The van der Waals surface area contributed by atoms with Gasteiger partial charge in [0.2, 0.25) is 0 Å². The molecule has 0 spiro atoms. The second-order valence-corrected chi connectivity index (χ2v) is 3.44. The van der Waals surface area contributed by atoms with E-state index in [0.717, 1.165) is 0 Å². The van der Waals surface area contributed by atoms with Gasteiger partial charge < -0.3 is 5.11 Å². The number of halogens is 1. The van der Waals surface area contributed by atoms with Crippen molar-refractivity contribution in [1.82, 2.24) is 0 Å². The van der Waals surface area contributed by atoms with Crippen molar-refractivity contribution in [3.8, 4) is 0 Å². The fourth-order valence-corrected chi connectivity index (χ4v) is 1.35. The summed E-state index contributed by atoms with van der Waals surface area (Å²) in [6, 6.07) is 5.51. The van der Waals surface area contributed by atoms with Crippen molar-refractivity contribution in [2.24, 2.45) is 0 Å². The van der Waals surface area contributed by atoms with E-state index in [1.54, 1.807) is 0 Å². The molecule has 0 amide bonds. The number of nitrogens with zero attached hydrogens (tertiary/aromatic N) is 1. The van der Waals surface area contributed by atoms with Crippen molar-refractivity contribution in [2.45, 2.75) is 11.8 Å². The zero-order chi connectivity index (χ0) is 11.4. The van der Waals surface area contributed by atoms with E-state index in [0.29, 0.717) is 5.56 Å². The lowest BCUT2D eigenvalue weighted by Gasteiger charge is -2.05. The Kier molecular flexibility index (Phi) is 3.62. The van der Waals surface area contributed by atoms with Crippen LogP contribution in [0.25, 0.3) is 0 Å². The van der Waals surface area contributed by atoms with E-state index in [-0.39, 0.29) is 12.1 Å². The van der Waals surface area contributed by atoms with Gasteiger partial charge in [0.05, 0.1) is 16.7 Å². The average Bonchev–Trinajstić information content (AvgIpc) is 2.17. The van der Waals surface area contributed by atoms with Gasteiger partial charge in [-0.3, -0.25) is 14.9 Å². The molecule has 1 aromatic rings. The summed E-state index contributed by atoms with van der Waals surface area (Å²) in [5, 5.41) is 18.2. The molecule has 0 aliphatic carbocycles. The van der Waals surface area contributed by atoms with Crippen molar-refractivity contribution in [2.75, 3.05) is 0 Å². The Balaban J connectivity index is 2.79. The van der Waals surface area contributed by atoms with Crippen molar-refractivity contribution in [1.29, 1.82) is 0 Å². The fraction of sp³-hybridized carbons (Fsp3) is 0.222. The van der Waals surface area contributed by atoms with Crippen LogP contribution in [0.15, 0.2) is 24.3 Å². The number of aliphatic carboxylic acids is 1. The molecule has 1 unspecified atom stereocenters. The first kappa shape index (κ1) is 11.5. The highest BCUT2D eigenvalue weighted by Gasteiger charge is 2.13. The molecule has 5 nitrogen and oxygen atoms in total. The van der Waals surface area contributed by atoms with E-state index >= 15 is 0 Å². The van der Waals surface area contributed by atoms with Gasteiger partial charge in [-0.15, -0.1) is 11.6 Å². The van der Waals surface area contributed by atoms with Crippen LogP contribution in [0.4, 0.5) is 5.69 Å². The highest BCUT2D eigenvalue weighted by atomic mass is 35.5. The van der Waals surface area contributed by atoms with E-state index in [1.165, 1.54) is 24.3 Å². The zero-order valence-electron chi connectivity index (χ0n) is 7.59. The van der Waals surface area contributed by atoms with Crippen molar-refractivity contribution >= 4 is 23.3 Å². The van der Waals surface area contributed by atoms with Gasteiger partial charge in [-0.05, 0) is 5.56 Å². The van der Waals surface area contributed by atoms with Crippen LogP contribution in [0.5, 0.6) is 0 Å². The number of carbonyl (C=O) groups is 1. The van der Waals surface area contributed by atoms with Gasteiger partial charge in [0.15, 0.2) is 0 Å². The molecule has 15 heavy (non-hydrogen) atoms. The van der Waals surface area contributed by atoms with Crippen LogP contribution >= 0.6 is 11.6 Å². The molecule has 0 radical (unpaired) electrons. The highest BCUT2D eigenvalue weighted by Crippen LogP contribution is 2.25. The van der Waals surface area contributed by atoms with Crippen LogP contribution in [-0.4, -0.2) is 16.0 Å². The van der Waals surface area contributed by atoms with Crippen LogP contribution in [-0.2, 0) is 4.79 Å². The van der Waals surface area contributed by atoms with Crippen molar-refractivity contribution < 1.29 is 14.8 Å². The molecular weight excluding hydrogens is 222 g/mol. The molecule has 1 atom stereocenters. The third-order valence-corrected chi connectivity index (χ3v) is 2.23. The number of hydrogen-bond donors (Lipinski definition) is 1. The lowest BCUT2D eigenvalue weighted by Crippen LogP contribution is -2.00. The number of nitro benzene ring substituents is 1. The third-order valence-electron chi connectivity index (χ3n) is 1.82. The van der Waals surface area contributed by atoms with Crippen molar-refractivity contribution in [3.63, 3.8) is 0 Å². The third kappa shape index (κ3) is 3.21. The first-order valence-corrected chi connectivity index (χ1v) is 4.54. The molecule has 0 bridgehead atoms. The summed E-state index contributed by atoms with van der Waals surface area (Å²) < 4.78 is 0. The maximum absolute atomic E-state index is 10.4. The molecule has 0 aliphatic heterocycles. The van der Waals surface area contributed by atoms with Crippen LogP contribution in [0.3, 0.4) is 0 Å². The lowest BCUT2D eigenvalue weighted by atomic mass is 10.1. The van der Waals surface area contributed by atoms with E-state index < -0.39 is 16.3 Å². The number of carboxylic acids is 1. The molecule has 0 saturated heterocycles. The van der Waals surface area contributed by atoms with Gasteiger partial charge in [-0.25, -0.2) is 0 Å². The zero-order valence-corrected chi connectivity index (χ0v) is 8.35. The first-order chi connectivity index (χ1) is 7.00. The quantitative estimate of drug-likeness (QED) is 0.488. The van der Waals surface area contributed by atoms with E-state index in [1.807, 2.05) is 0 Å². The Morgan fingerprint density at radius 1 is 1.47 bits per heavy atom. The number of non-ortho nitro benzene ring substituents is 1. The van der Waals surface area contributed by atoms with Crippen LogP contribution < -0.4 is 0 Å². The Hall–Kier alpha value is -1.62. The Bertz CT molecular complexity index is 376. The highest BCUT2D eigenvalue weighted by molar-refractivity contribution is 6.21. The number of carboxylic acid groups (broad SMARTS) is 1. The number of rotatable bonds is 4. The first-order valence-electron chi connectivity index (χ1n) is 4.11. The second-order valence-electron chi connectivity index (χ2n) is 2.91. The molecule has 0 fully saturated rings. The summed E-state index contributed by atoms with van der Waals surface area (Å²) in [7, 11) is 0. The Morgan fingerprint density at radius 2 is 2.00 bits per heavy atom.